The van der Waals surface area contributed by atoms with E-state index in [1.165, 1.54) is 11.8 Å². The molecule has 28 heavy (non-hydrogen) atoms. The first-order valence-corrected chi connectivity index (χ1v) is 9.37. The molecule has 0 atom stereocenters. The van der Waals surface area contributed by atoms with Gasteiger partial charge in [-0.25, -0.2) is 14.9 Å². The summed E-state index contributed by atoms with van der Waals surface area (Å²) in [7, 11) is 1.60. The molecule has 2 aromatic rings. The molecule has 1 aromatic heterocycles. The molecule has 1 fully saturated rings. The number of aromatic nitrogens is 1. The van der Waals surface area contributed by atoms with Gasteiger partial charge < -0.3 is 0 Å². The number of aliphatic imine (C=N–C) groups is 1. The van der Waals surface area contributed by atoms with E-state index in [-0.39, 0.29) is 16.4 Å². The maximum atomic E-state index is 13.0. The minimum Gasteiger partial charge on any atom is -0.289 e. The molecular weight excluding hydrogens is 376 g/mol. The van der Waals surface area contributed by atoms with E-state index in [1.807, 2.05) is 19.1 Å². The maximum Gasteiger partial charge on any atom is 0.267 e. The molecule has 0 unspecified atom stereocenters. The molecule has 0 radical (unpaired) electrons. The number of pyridine rings is 1. The highest BCUT2D eigenvalue weighted by atomic mass is 32.2. The van der Waals surface area contributed by atoms with Crippen molar-refractivity contribution in [1.82, 2.24) is 9.88 Å². The lowest BCUT2D eigenvalue weighted by atomic mass is 10.1. The molecule has 0 aliphatic carbocycles. The number of carbonyl (C=O) groups is 3. The van der Waals surface area contributed by atoms with Crippen LogP contribution in [0.5, 0.6) is 0 Å². The van der Waals surface area contributed by atoms with Crippen LogP contribution in [0.2, 0.25) is 0 Å². The number of hydrogen-bond donors (Lipinski definition) is 0. The normalized spacial score (nSPS) is 20.3. The Morgan fingerprint density at radius 1 is 1.07 bits per heavy atom. The summed E-state index contributed by atoms with van der Waals surface area (Å²) in [6.07, 6.45) is 0. The molecule has 3 heterocycles. The number of nitrogens with zero attached hydrogens (tertiary/aromatic N) is 4. The molecule has 1 saturated heterocycles. The Labute approximate surface area is 165 Å². The SMILES string of the molecule is CC(=O)N1C(=O)/C(=C2\S/C(=N/c3cccc(C)n3)N(C)C2=O)c2ccccc21. The number of aryl methyl sites for hydroxylation is 1. The van der Waals surface area contributed by atoms with Gasteiger partial charge in [0.2, 0.25) is 5.91 Å². The smallest absolute Gasteiger partial charge is 0.267 e. The average Bonchev–Trinajstić information content (AvgIpc) is 3.09. The molecule has 2 aliphatic rings. The number of anilines is 1. The first-order valence-electron chi connectivity index (χ1n) is 8.55. The van der Waals surface area contributed by atoms with Crippen LogP contribution >= 0.6 is 11.8 Å². The topological polar surface area (TPSA) is 82.9 Å². The first kappa shape index (κ1) is 18.1. The highest BCUT2D eigenvalue weighted by Crippen LogP contribution is 2.44. The van der Waals surface area contributed by atoms with Crippen LogP contribution in [0.15, 0.2) is 52.4 Å². The molecule has 8 heteroatoms. The van der Waals surface area contributed by atoms with E-state index in [9.17, 15) is 14.4 Å². The van der Waals surface area contributed by atoms with Crippen molar-refractivity contribution in [1.29, 1.82) is 0 Å². The minimum absolute atomic E-state index is 0.232. The summed E-state index contributed by atoms with van der Waals surface area (Å²) in [4.78, 5) is 49.4. The predicted molar refractivity (Wildman–Crippen MR) is 108 cm³/mol. The molecule has 2 aliphatic heterocycles. The fraction of sp³-hybridized carbons (Fsp3) is 0.150. The van der Waals surface area contributed by atoms with Gasteiger partial charge in [-0.2, -0.15) is 0 Å². The van der Waals surface area contributed by atoms with Crippen LogP contribution in [0.1, 0.15) is 18.2 Å². The molecule has 7 nitrogen and oxygen atoms in total. The van der Waals surface area contributed by atoms with Gasteiger partial charge >= 0.3 is 0 Å². The van der Waals surface area contributed by atoms with Crippen LogP contribution in [-0.4, -0.2) is 39.8 Å². The number of thioether (sulfide) groups is 1. The van der Waals surface area contributed by atoms with E-state index in [0.29, 0.717) is 22.2 Å². The number of amides is 3. The van der Waals surface area contributed by atoms with Gasteiger partial charge in [-0.15, -0.1) is 0 Å². The van der Waals surface area contributed by atoms with Crippen molar-refractivity contribution in [3.8, 4) is 0 Å². The number of para-hydroxylation sites is 1. The predicted octanol–water partition coefficient (Wildman–Crippen LogP) is 2.89. The Kier molecular flexibility index (Phi) is 4.35. The number of imide groups is 1. The monoisotopic (exact) mass is 392 g/mol. The van der Waals surface area contributed by atoms with Crippen molar-refractivity contribution >= 4 is 51.7 Å². The van der Waals surface area contributed by atoms with Gasteiger partial charge in [-0.3, -0.25) is 19.3 Å². The van der Waals surface area contributed by atoms with Crippen LogP contribution in [0.3, 0.4) is 0 Å². The lowest BCUT2D eigenvalue weighted by molar-refractivity contribution is -0.123. The number of carbonyl (C=O) groups excluding carboxylic acids is 3. The summed E-state index contributed by atoms with van der Waals surface area (Å²) >= 11 is 1.11. The number of amidine groups is 1. The average molecular weight is 392 g/mol. The summed E-state index contributed by atoms with van der Waals surface area (Å²) in [5.41, 5.74) is 2.11. The molecule has 0 saturated carbocycles. The lowest BCUT2D eigenvalue weighted by Gasteiger charge is -2.11. The molecule has 0 N–H and O–H groups in total. The van der Waals surface area contributed by atoms with E-state index >= 15 is 0 Å². The summed E-state index contributed by atoms with van der Waals surface area (Å²) in [5, 5.41) is 0.428. The summed E-state index contributed by atoms with van der Waals surface area (Å²) in [5.74, 6) is -0.737. The third kappa shape index (κ3) is 2.82. The van der Waals surface area contributed by atoms with Crippen LogP contribution in [0.4, 0.5) is 11.5 Å². The van der Waals surface area contributed by atoms with Gasteiger partial charge in [0.1, 0.15) is 0 Å². The zero-order chi connectivity index (χ0) is 20.0. The van der Waals surface area contributed by atoms with Crippen LogP contribution in [0.25, 0.3) is 5.57 Å². The second-order valence-electron chi connectivity index (χ2n) is 6.38. The van der Waals surface area contributed by atoms with Gasteiger partial charge in [-0.05, 0) is 36.9 Å². The zero-order valence-corrected chi connectivity index (χ0v) is 16.3. The van der Waals surface area contributed by atoms with Crippen molar-refractivity contribution in [3.05, 3.63) is 58.6 Å². The van der Waals surface area contributed by atoms with Crippen molar-refractivity contribution in [2.45, 2.75) is 13.8 Å². The summed E-state index contributed by atoms with van der Waals surface area (Å²) in [6, 6.07) is 12.4. The number of hydrogen-bond acceptors (Lipinski definition) is 6. The van der Waals surface area contributed by atoms with Gasteiger partial charge in [0.15, 0.2) is 11.0 Å². The first-order chi connectivity index (χ1) is 13.4. The largest absolute Gasteiger partial charge is 0.289 e. The highest BCUT2D eigenvalue weighted by Gasteiger charge is 2.42. The molecule has 140 valence electrons. The third-order valence-electron chi connectivity index (χ3n) is 4.44. The van der Waals surface area contributed by atoms with Crippen LogP contribution in [0, 0.1) is 6.92 Å². The van der Waals surface area contributed by atoms with Gasteiger partial charge in [0, 0.05) is 25.2 Å². The highest BCUT2D eigenvalue weighted by molar-refractivity contribution is 8.18. The quantitative estimate of drug-likeness (QED) is 0.697. The van der Waals surface area contributed by atoms with Crippen LogP contribution < -0.4 is 4.90 Å². The Bertz CT molecular complexity index is 1110. The number of rotatable bonds is 1. The molecule has 0 spiro atoms. The number of likely N-dealkylation sites (N-methyl/N-ethyl adjacent to an activating group) is 1. The second kappa shape index (κ2) is 6.72. The fourth-order valence-electron chi connectivity index (χ4n) is 3.14. The van der Waals surface area contributed by atoms with Crippen molar-refractivity contribution in [2.75, 3.05) is 11.9 Å². The Hall–Kier alpha value is -3.26. The standard InChI is InChI=1S/C20H16N4O3S/c1-11-7-6-10-15(21-11)22-20-23(3)19(27)17(28-20)16-13-8-4-5-9-14(13)24(12(2)25)18(16)26/h4-10H,1-3H3/b17-16-,22-20+. The molecular formula is C20H16N4O3S. The molecule has 4 rings (SSSR count). The fourth-order valence-corrected chi connectivity index (χ4v) is 4.20. The zero-order valence-electron chi connectivity index (χ0n) is 15.5. The van der Waals surface area contributed by atoms with Crippen LogP contribution in [-0.2, 0) is 14.4 Å². The van der Waals surface area contributed by atoms with Gasteiger partial charge in [-0.1, -0.05) is 24.3 Å². The van der Waals surface area contributed by atoms with E-state index in [4.69, 9.17) is 0 Å². The number of fused-ring (bicyclic) bond motifs is 1. The maximum absolute atomic E-state index is 13.0. The van der Waals surface area contributed by atoms with E-state index in [0.717, 1.165) is 22.4 Å². The van der Waals surface area contributed by atoms with Gasteiger partial charge in [0.05, 0.1) is 16.2 Å². The van der Waals surface area contributed by atoms with Crippen molar-refractivity contribution < 1.29 is 14.4 Å². The Morgan fingerprint density at radius 3 is 2.54 bits per heavy atom. The van der Waals surface area contributed by atoms with E-state index in [1.54, 1.807) is 37.4 Å². The summed E-state index contributed by atoms with van der Waals surface area (Å²) < 4.78 is 0. The van der Waals surface area contributed by atoms with Crippen molar-refractivity contribution in [2.24, 2.45) is 4.99 Å². The minimum atomic E-state index is -0.493. The Balaban J connectivity index is 1.83. The van der Waals surface area contributed by atoms with Gasteiger partial charge in [0.25, 0.3) is 11.8 Å². The molecule has 1 aromatic carbocycles. The molecule has 0 bridgehead atoms. The Morgan fingerprint density at radius 2 is 1.82 bits per heavy atom. The van der Waals surface area contributed by atoms with E-state index in [2.05, 4.69) is 9.98 Å². The summed E-state index contributed by atoms with van der Waals surface area (Å²) in [6.45, 7) is 3.19. The molecule has 3 amide bonds. The third-order valence-corrected chi connectivity index (χ3v) is 5.57. The second-order valence-corrected chi connectivity index (χ2v) is 7.36. The lowest BCUT2D eigenvalue weighted by Crippen LogP contribution is -2.31. The number of benzene rings is 1. The van der Waals surface area contributed by atoms with Crippen molar-refractivity contribution in [3.63, 3.8) is 0 Å². The van der Waals surface area contributed by atoms with E-state index < -0.39 is 11.8 Å².